The van der Waals surface area contributed by atoms with Crippen LogP contribution in [-0.4, -0.2) is 47.9 Å². The van der Waals surface area contributed by atoms with Gasteiger partial charge in [-0.05, 0) is 50.8 Å². The summed E-state index contributed by atoms with van der Waals surface area (Å²) in [5, 5.41) is 6.40. The van der Waals surface area contributed by atoms with Crippen molar-refractivity contribution in [3.05, 3.63) is 53.6 Å². The van der Waals surface area contributed by atoms with Crippen molar-refractivity contribution in [3.63, 3.8) is 0 Å². The van der Waals surface area contributed by atoms with Crippen molar-refractivity contribution < 1.29 is 23.7 Å². The van der Waals surface area contributed by atoms with Crippen LogP contribution in [0.25, 0.3) is 0 Å². The highest BCUT2D eigenvalue weighted by atomic mass is 16.5. The molecule has 10 nitrogen and oxygen atoms in total. The van der Waals surface area contributed by atoms with Crippen LogP contribution in [-0.2, 0) is 11.3 Å². The van der Waals surface area contributed by atoms with E-state index in [1.54, 1.807) is 18.2 Å². The van der Waals surface area contributed by atoms with Crippen LogP contribution in [0, 0.1) is 0 Å². The molecule has 2 aromatic carbocycles. The van der Waals surface area contributed by atoms with Gasteiger partial charge in [-0.15, -0.1) is 0 Å². The van der Waals surface area contributed by atoms with E-state index in [9.17, 15) is 4.79 Å². The van der Waals surface area contributed by atoms with Gasteiger partial charge in [-0.1, -0.05) is 18.2 Å². The van der Waals surface area contributed by atoms with E-state index in [4.69, 9.17) is 18.9 Å². The molecule has 10 heteroatoms. The molecule has 0 atom stereocenters. The van der Waals surface area contributed by atoms with E-state index in [2.05, 4.69) is 25.6 Å². The highest BCUT2D eigenvalue weighted by molar-refractivity contribution is 5.93. The van der Waals surface area contributed by atoms with Crippen molar-refractivity contribution in [1.82, 2.24) is 15.0 Å². The van der Waals surface area contributed by atoms with Gasteiger partial charge in [0.1, 0.15) is 17.1 Å². The van der Waals surface area contributed by atoms with Crippen molar-refractivity contribution in [2.45, 2.75) is 39.2 Å². The third kappa shape index (κ3) is 6.74. The standard InChI is InChI=1S/C26H31N5O5/c1-3-34-26-30-24-27-17-18-10-6-7-11-21(18)35-14-8-4-5-9-15-36-22-16-19(28-25(29-24)31-26)12-13-20(22)23(32)33-2/h6-7,10-13,16H,3-5,8-9,14-15,17H2,1-2H3,(H2,27,28,29,30,31). The highest BCUT2D eigenvalue weighted by Crippen LogP contribution is 2.27. The third-order valence-corrected chi connectivity index (χ3v) is 5.49. The average molecular weight is 494 g/mol. The molecule has 4 bridgehead atoms. The van der Waals surface area contributed by atoms with Gasteiger partial charge in [0.2, 0.25) is 11.9 Å². The fraction of sp³-hybridized carbons (Fsp3) is 0.385. The summed E-state index contributed by atoms with van der Waals surface area (Å²) < 4.78 is 22.5. The van der Waals surface area contributed by atoms with Crippen molar-refractivity contribution in [1.29, 1.82) is 0 Å². The lowest BCUT2D eigenvalue weighted by Crippen LogP contribution is -2.10. The molecule has 3 aromatic rings. The molecular weight excluding hydrogens is 462 g/mol. The molecule has 0 unspecified atom stereocenters. The van der Waals surface area contributed by atoms with Crippen LogP contribution in [0.5, 0.6) is 17.5 Å². The Balaban J connectivity index is 1.65. The summed E-state index contributed by atoms with van der Waals surface area (Å²) in [6.45, 7) is 3.84. The number of rotatable bonds is 3. The van der Waals surface area contributed by atoms with E-state index < -0.39 is 5.97 Å². The first-order valence-corrected chi connectivity index (χ1v) is 12.1. The molecule has 0 saturated carbocycles. The summed E-state index contributed by atoms with van der Waals surface area (Å²) in [5.41, 5.74) is 2.00. The molecule has 0 spiro atoms. The molecular formula is C26H31N5O5. The van der Waals surface area contributed by atoms with Gasteiger partial charge in [-0.3, -0.25) is 0 Å². The van der Waals surface area contributed by atoms with Crippen molar-refractivity contribution >= 4 is 23.6 Å². The zero-order valence-electron chi connectivity index (χ0n) is 20.6. The number of para-hydroxylation sites is 1. The van der Waals surface area contributed by atoms with Gasteiger partial charge in [0, 0.05) is 23.9 Å². The number of methoxy groups -OCH3 is 1. The third-order valence-electron chi connectivity index (χ3n) is 5.49. The Labute approximate surface area is 210 Å². The van der Waals surface area contributed by atoms with E-state index in [-0.39, 0.29) is 12.0 Å². The Hall–Kier alpha value is -4.08. The zero-order valence-corrected chi connectivity index (χ0v) is 20.6. The largest absolute Gasteiger partial charge is 0.493 e. The highest BCUT2D eigenvalue weighted by Gasteiger charge is 2.16. The van der Waals surface area contributed by atoms with Gasteiger partial charge in [0.25, 0.3) is 0 Å². The SMILES string of the molecule is CCOc1nc2nc(n1)Nc1ccc(C(=O)OC)c(c1)OCCCCCCOc1ccccc1CN2. The number of hydrogen-bond acceptors (Lipinski definition) is 10. The number of ether oxygens (including phenoxy) is 4. The predicted octanol–water partition coefficient (Wildman–Crippen LogP) is 4.74. The van der Waals surface area contributed by atoms with Crippen molar-refractivity contribution in [2.24, 2.45) is 0 Å². The number of aromatic nitrogens is 3. The minimum absolute atomic E-state index is 0.190. The summed E-state index contributed by atoms with van der Waals surface area (Å²) in [6, 6.07) is 13.2. The van der Waals surface area contributed by atoms with Gasteiger partial charge >= 0.3 is 12.0 Å². The fourth-order valence-corrected chi connectivity index (χ4v) is 3.70. The number of nitrogens with zero attached hydrogens (tertiary/aromatic N) is 3. The number of anilines is 3. The molecule has 1 aliphatic heterocycles. The first-order chi connectivity index (χ1) is 17.7. The molecule has 0 radical (unpaired) electrons. The molecule has 2 N–H and O–H groups in total. The maximum absolute atomic E-state index is 12.2. The average Bonchev–Trinajstić information content (AvgIpc) is 2.89. The Morgan fingerprint density at radius 1 is 0.944 bits per heavy atom. The Morgan fingerprint density at radius 3 is 2.47 bits per heavy atom. The Bertz CT molecular complexity index is 1170. The van der Waals surface area contributed by atoms with Crippen molar-refractivity contribution in [3.8, 4) is 17.5 Å². The van der Waals surface area contributed by atoms with Gasteiger partial charge < -0.3 is 29.6 Å². The van der Waals surface area contributed by atoms with E-state index in [0.717, 1.165) is 37.0 Å². The number of hydrogen-bond donors (Lipinski definition) is 2. The van der Waals surface area contributed by atoms with E-state index >= 15 is 0 Å². The Morgan fingerprint density at radius 2 is 1.69 bits per heavy atom. The molecule has 2 heterocycles. The van der Waals surface area contributed by atoms with E-state index in [0.29, 0.717) is 49.3 Å². The number of esters is 1. The number of benzene rings is 2. The van der Waals surface area contributed by atoms with Gasteiger partial charge in [0.15, 0.2) is 0 Å². The number of carbonyl (C=O) groups excluding carboxylic acids is 1. The van der Waals surface area contributed by atoms with Crippen LogP contribution in [0.2, 0.25) is 0 Å². The molecule has 36 heavy (non-hydrogen) atoms. The normalized spacial score (nSPS) is 14.2. The van der Waals surface area contributed by atoms with Gasteiger partial charge in [-0.2, -0.15) is 15.0 Å². The van der Waals surface area contributed by atoms with E-state index in [1.807, 2.05) is 31.2 Å². The summed E-state index contributed by atoms with van der Waals surface area (Å²) in [5.74, 6) is 1.44. The molecule has 4 rings (SSSR count). The maximum Gasteiger partial charge on any atom is 0.341 e. The minimum atomic E-state index is -0.461. The minimum Gasteiger partial charge on any atom is -0.493 e. The second-order valence-electron chi connectivity index (χ2n) is 8.10. The molecule has 190 valence electrons. The molecule has 0 aliphatic carbocycles. The monoisotopic (exact) mass is 493 g/mol. The Kier molecular flexibility index (Phi) is 8.74. The summed E-state index contributed by atoms with van der Waals surface area (Å²) in [6.07, 6.45) is 3.79. The first-order valence-electron chi connectivity index (χ1n) is 12.1. The van der Waals surface area contributed by atoms with Crippen LogP contribution >= 0.6 is 0 Å². The topological polar surface area (TPSA) is 117 Å². The van der Waals surface area contributed by atoms with E-state index in [1.165, 1.54) is 7.11 Å². The second-order valence-corrected chi connectivity index (χ2v) is 8.10. The van der Waals surface area contributed by atoms with Crippen LogP contribution in [0.15, 0.2) is 42.5 Å². The molecule has 0 amide bonds. The number of fused-ring (bicyclic) bond motifs is 5. The predicted molar refractivity (Wildman–Crippen MR) is 135 cm³/mol. The second kappa shape index (κ2) is 12.6. The van der Waals surface area contributed by atoms with Crippen LogP contribution in [0.3, 0.4) is 0 Å². The number of nitrogens with one attached hydrogen (secondary N) is 2. The zero-order chi connectivity index (χ0) is 25.2. The van der Waals surface area contributed by atoms with Crippen molar-refractivity contribution in [2.75, 3.05) is 37.6 Å². The summed E-state index contributed by atoms with van der Waals surface area (Å²) >= 11 is 0. The lowest BCUT2D eigenvalue weighted by Gasteiger charge is -2.14. The lowest BCUT2D eigenvalue weighted by atomic mass is 10.1. The molecule has 1 aliphatic rings. The van der Waals surface area contributed by atoms with Crippen LogP contribution in [0.4, 0.5) is 17.6 Å². The van der Waals surface area contributed by atoms with Crippen LogP contribution < -0.4 is 24.8 Å². The molecule has 0 fully saturated rings. The smallest absolute Gasteiger partial charge is 0.341 e. The first kappa shape index (κ1) is 25.0. The lowest BCUT2D eigenvalue weighted by molar-refractivity contribution is 0.0596. The molecule has 0 saturated heterocycles. The molecule has 1 aromatic heterocycles. The summed E-state index contributed by atoms with van der Waals surface area (Å²) in [4.78, 5) is 25.5. The fourth-order valence-electron chi connectivity index (χ4n) is 3.70. The van der Waals surface area contributed by atoms with Gasteiger partial charge in [-0.25, -0.2) is 4.79 Å². The summed E-state index contributed by atoms with van der Waals surface area (Å²) in [7, 11) is 1.35. The number of carbonyl (C=O) groups is 1. The van der Waals surface area contributed by atoms with Gasteiger partial charge in [0.05, 0.1) is 26.9 Å². The maximum atomic E-state index is 12.2. The quantitative estimate of drug-likeness (QED) is 0.495. The van der Waals surface area contributed by atoms with Crippen LogP contribution in [0.1, 0.15) is 48.5 Å².